The molecule has 472 valence electrons. The molecule has 0 radical (unpaired) electrons. The molecule has 0 N–H and O–H groups in total. The number of hydrogen-bond acceptors (Lipinski definition) is 27. The van der Waals surface area contributed by atoms with E-state index < -0.39 is 90.3 Å². The predicted molar refractivity (Wildman–Crippen MR) is 309 cm³/mol. The number of carbonyl (C=O) groups excluding carboxylic acids is 6. The van der Waals surface area contributed by atoms with Gasteiger partial charge in [0.05, 0.1) is 133 Å². The van der Waals surface area contributed by atoms with Gasteiger partial charge in [0, 0.05) is 44.0 Å². The van der Waals surface area contributed by atoms with Gasteiger partial charge in [0.15, 0.2) is 58.2 Å². The molecule has 5 heterocycles. The number of carbonyl (C=O) groups is 6. The first kappa shape index (κ1) is 62.2. The molecule has 1 fully saturated rings. The fraction of sp³-hybridized carbons (Fsp3) is 0.377. The average Bonchev–Trinajstić information content (AvgIpc) is 1.69. The number of benzene rings is 5. The Morgan fingerprint density at radius 3 is 1.37 bits per heavy atom. The third-order valence-electron chi connectivity index (χ3n) is 15.4. The van der Waals surface area contributed by atoms with Gasteiger partial charge in [-0.15, -0.1) is 11.8 Å². The Morgan fingerprint density at radius 2 is 0.910 bits per heavy atom. The van der Waals surface area contributed by atoms with Crippen molar-refractivity contribution in [3.63, 3.8) is 0 Å². The molecule has 1 aromatic heterocycles. The molecule has 4 aliphatic rings. The molecular weight excluding hydrogens is 1190 g/mol. The van der Waals surface area contributed by atoms with Crippen LogP contribution in [0.4, 0.5) is 0 Å². The minimum absolute atomic E-state index is 0.000762. The van der Waals surface area contributed by atoms with Gasteiger partial charge in [-0.25, -0.2) is 28.8 Å². The van der Waals surface area contributed by atoms with Gasteiger partial charge in [-0.2, -0.15) is 0 Å². The molecule has 1 saturated heterocycles. The molecule has 0 unspecified atom stereocenters. The van der Waals surface area contributed by atoms with E-state index in [2.05, 4.69) is 0 Å². The summed E-state index contributed by atoms with van der Waals surface area (Å²) in [7, 11) is 18.2. The lowest BCUT2D eigenvalue weighted by Crippen LogP contribution is -2.63. The molecule has 0 spiro atoms. The minimum atomic E-state index is -2.19. The first-order valence-electron chi connectivity index (χ1n) is 26.9. The highest BCUT2D eigenvalue weighted by Gasteiger charge is 2.57. The van der Waals surface area contributed by atoms with Crippen LogP contribution in [0.2, 0.25) is 0 Å². The third-order valence-corrected chi connectivity index (χ3v) is 16.6. The molecular formula is C61H61NO26S. The summed E-state index contributed by atoms with van der Waals surface area (Å²) in [6.45, 7) is 0.827. The molecule has 4 aliphatic heterocycles. The van der Waals surface area contributed by atoms with Crippen LogP contribution in [0, 0.1) is 6.92 Å². The molecule has 0 amide bonds. The second kappa shape index (κ2) is 25.1. The van der Waals surface area contributed by atoms with Crippen LogP contribution >= 0.6 is 11.8 Å². The van der Waals surface area contributed by atoms with Gasteiger partial charge in [0.1, 0.15) is 24.5 Å². The van der Waals surface area contributed by atoms with E-state index >= 15 is 19.2 Å². The van der Waals surface area contributed by atoms with E-state index in [0.717, 1.165) is 11.8 Å². The summed E-state index contributed by atoms with van der Waals surface area (Å²) >= 11 is 1.08. The Balaban J connectivity index is 1.31. The summed E-state index contributed by atoms with van der Waals surface area (Å²) in [5, 5.41) is 0.359. The van der Waals surface area contributed by atoms with Gasteiger partial charge in [0.2, 0.25) is 35.4 Å². The third kappa shape index (κ3) is 10.1. The Labute approximate surface area is 512 Å². The van der Waals surface area contributed by atoms with Crippen molar-refractivity contribution in [1.29, 1.82) is 0 Å². The largest absolute Gasteiger partial charge is 0.495 e. The molecule has 0 aliphatic carbocycles. The van der Waals surface area contributed by atoms with E-state index in [4.69, 9.17) is 94.7 Å². The summed E-state index contributed by atoms with van der Waals surface area (Å²) in [5.41, 5.74) is -1.53. The fourth-order valence-electron chi connectivity index (χ4n) is 11.6. The zero-order chi connectivity index (χ0) is 64.0. The van der Waals surface area contributed by atoms with Crippen LogP contribution in [0.3, 0.4) is 0 Å². The molecule has 4 bridgehead atoms. The molecule has 5 aromatic carbocycles. The Kier molecular flexibility index (Phi) is 17.6. The molecule has 6 atom stereocenters. The highest BCUT2D eigenvalue weighted by molar-refractivity contribution is 7.99. The van der Waals surface area contributed by atoms with Crippen molar-refractivity contribution in [3.05, 3.63) is 69.9 Å². The van der Waals surface area contributed by atoms with Gasteiger partial charge in [-0.1, -0.05) is 0 Å². The van der Waals surface area contributed by atoms with E-state index in [9.17, 15) is 9.59 Å². The maximum Gasteiger partial charge on any atom is 0.340 e. The number of hydrogen-bond donors (Lipinski definition) is 0. The zero-order valence-corrected chi connectivity index (χ0v) is 51.6. The SMILES string of the molecule is COC(=O)[C@@H]1CSc2c3c(c(OC)c4cc(C)n1c24)-c1c(cc(OC)c(OC)c1OC)C(=O)O[C@H]1[C@H](OC(=O)c2cc(OC)c(OC)c(OC)c2)O[C@@H]2COC(=O)c4cc(OC)c(OC)c(OC)c4-c4c(cc(OC)c(OC)c4OC)C(=O)O[C@H]1[C@@H]2OC3=O. The number of thioether (sulfide) groups is 1. The number of fused-ring (bicyclic) bond motifs is 7. The monoisotopic (exact) mass is 1260 g/mol. The van der Waals surface area contributed by atoms with E-state index in [0.29, 0.717) is 16.6 Å². The molecule has 89 heavy (non-hydrogen) atoms. The number of cyclic esters (lactones) is 1. The summed E-state index contributed by atoms with van der Waals surface area (Å²) in [4.78, 5) is 92.4. The summed E-state index contributed by atoms with van der Waals surface area (Å²) < 4.78 is 122. The number of rotatable bonds is 16. The van der Waals surface area contributed by atoms with Crippen molar-refractivity contribution >= 4 is 58.5 Å². The number of esters is 6. The summed E-state index contributed by atoms with van der Waals surface area (Å²) in [6.07, 6.45) is -10.4. The topological polar surface area (TPSA) is 292 Å². The van der Waals surface area contributed by atoms with Crippen molar-refractivity contribution in [2.45, 2.75) is 48.6 Å². The van der Waals surface area contributed by atoms with E-state index in [1.807, 2.05) is 0 Å². The number of methoxy groups -OCH3 is 14. The zero-order valence-electron chi connectivity index (χ0n) is 50.8. The quantitative estimate of drug-likeness (QED) is 0.0680. The average molecular weight is 1260 g/mol. The predicted octanol–water partition coefficient (Wildman–Crippen LogP) is 7.26. The first-order valence-corrected chi connectivity index (χ1v) is 27.9. The van der Waals surface area contributed by atoms with Crippen LogP contribution in [0.1, 0.15) is 63.5 Å². The molecule has 6 aromatic rings. The molecule has 28 heteroatoms. The van der Waals surface area contributed by atoms with Crippen LogP contribution in [-0.2, 0) is 38.0 Å². The van der Waals surface area contributed by atoms with E-state index in [1.54, 1.807) is 17.6 Å². The summed E-state index contributed by atoms with van der Waals surface area (Å²) in [6, 6.07) is 7.07. The second-order valence-electron chi connectivity index (χ2n) is 19.7. The number of aromatic nitrogens is 1. The van der Waals surface area contributed by atoms with Crippen LogP contribution < -0.4 is 61.6 Å². The highest BCUT2D eigenvalue weighted by Crippen LogP contribution is 2.58. The number of aryl methyl sites for hydroxylation is 1. The Morgan fingerprint density at radius 1 is 0.472 bits per heavy atom. The van der Waals surface area contributed by atoms with Crippen molar-refractivity contribution in [1.82, 2.24) is 4.57 Å². The normalized spacial score (nSPS) is 19.1. The lowest BCUT2D eigenvalue weighted by Gasteiger charge is -2.44. The Hall–Kier alpha value is -9.83. The van der Waals surface area contributed by atoms with Crippen molar-refractivity contribution in [3.8, 4) is 97.0 Å². The second-order valence-corrected chi connectivity index (χ2v) is 20.7. The van der Waals surface area contributed by atoms with Gasteiger partial charge in [0.25, 0.3) is 0 Å². The van der Waals surface area contributed by atoms with E-state index in [1.165, 1.54) is 130 Å². The minimum Gasteiger partial charge on any atom is -0.495 e. The van der Waals surface area contributed by atoms with E-state index in [-0.39, 0.29) is 124 Å². The fourth-order valence-corrected chi connectivity index (χ4v) is 12.9. The smallest absolute Gasteiger partial charge is 0.340 e. The van der Waals surface area contributed by atoms with Gasteiger partial charge in [-0.05, 0) is 43.3 Å². The number of nitrogens with zero attached hydrogens (tertiary/aromatic N) is 1. The standard InChI is InChI=1S/C61H61NO26S/c1-24-16-29-42-54(89-23-30(62(24)42)59(67)82-15)41-40(43(29)74-7)39-28(21-35(73-6)47(78-11)51(39)81-14)58(66)87-53-52-48(85-60(41)68)36(84-61(53)88-55(63)25-17-31(69-2)44(75-8)32(18-25)70-3)22-83-56(64)26-19-33(71-4)45(76-9)49(79-12)37(26)38-27(57(65)86-52)20-34(72-5)46(77-10)50(38)80-13/h16-21,30,36,48,52-53,61H,22-23H2,1-15H3/t30-,36+,48+,52-,53+,61-/m0/s1. The van der Waals surface area contributed by atoms with Gasteiger partial charge in [-0.3, -0.25) is 0 Å². The lowest BCUT2D eigenvalue weighted by atomic mass is 9.90. The van der Waals surface area contributed by atoms with Crippen LogP contribution in [0.25, 0.3) is 33.2 Å². The summed E-state index contributed by atoms with van der Waals surface area (Å²) in [5.74, 6) is -7.58. The van der Waals surface area contributed by atoms with Gasteiger partial charge >= 0.3 is 35.8 Å². The van der Waals surface area contributed by atoms with Crippen LogP contribution in [0.15, 0.2) is 41.3 Å². The number of ether oxygens (including phenoxy) is 20. The molecule has 0 saturated carbocycles. The van der Waals surface area contributed by atoms with Crippen LogP contribution in [0.5, 0.6) is 74.7 Å². The Bertz CT molecular complexity index is 3870. The lowest BCUT2D eigenvalue weighted by molar-refractivity contribution is -0.282. The molecule has 27 nitrogen and oxygen atoms in total. The van der Waals surface area contributed by atoms with Crippen LogP contribution in [-0.4, -0.2) is 183 Å². The van der Waals surface area contributed by atoms with Crippen molar-refractivity contribution in [2.24, 2.45) is 0 Å². The maximum absolute atomic E-state index is 16.4. The van der Waals surface area contributed by atoms with Gasteiger partial charge < -0.3 is 99.3 Å². The van der Waals surface area contributed by atoms with Crippen molar-refractivity contribution < 1.29 is 124 Å². The maximum atomic E-state index is 16.4. The highest BCUT2D eigenvalue weighted by atomic mass is 32.2. The first-order chi connectivity index (χ1) is 42.9. The van der Waals surface area contributed by atoms with Crippen molar-refractivity contribution in [2.75, 3.05) is 112 Å². The molecule has 10 rings (SSSR count).